The Morgan fingerprint density at radius 1 is 1.10 bits per heavy atom. The first-order valence-corrected chi connectivity index (χ1v) is 7.05. The average molecular weight is 263 g/mol. The van der Waals surface area contributed by atoms with Crippen molar-refractivity contribution in [2.24, 2.45) is 7.05 Å². The third-order valence-electron chi connectivity index (χ3n) is 4.14. The number of benzene rings is 2. The predicted octanol–water partition coefficient (Wildman–Crippen LogP) is 3.70. The number of hydrogen-bond donors (Lipinski definition) is 1. The van der Waals surface area contributed by atoms with Crippen LogP contribution in [0.3, 0.4) is 0 Å². The summed E-state index contributed by atoms with van der Waals surface area (Å²) in [6, 6.07) is 14.8. The molecule has 0 aliphatic heterocycles. The Labute approximate surface area is 118 Å². The van der Waals surface area contributed by atoms with Crippen molar-refractivity contribution in [3.8, 4) is 11.3 Å². The Morgan fingerprint density at radius 3 is 2.60 bits per heavy atom. The average Bonchev–Trinajstić information content (AvgIpc) is 3.27. The minimum atomic E-state index is 0.608. The molecule has 2 N–H and O–H groups in total. The summed E-state index contributed by atoms with van der Waals surface area (Å²) in [5.41, 5.74) is 8.26. The van der Waals surface area contributed by atoms with Crippen molar-refractivity contribution in [2.75, 3.05) is 5.73 Å². The largest absolute Gasteiger partial charge is 0.383 e. The van der Waals surface area contributed by atoms with Gasteiger partial charge >= 0.3 is 0 Å². The van der Waals surface area contributed by atoms with Gasteiger partial charge in [0.15, 0.2) is 0 Å². The molecule has 1 aliphatic carbocycles. The van der Waals surface area contributed by atoms with E-state index in [0.29, 0.717) is 5.92 Å². The van der Waals surface area contributed by atoms with E-state index in [0.717, 1.165) is 22.9 Å². The van der Waals surface area contributed by atoms with Crippen LogP contribution in [0.1, 0.15) is 24.6 Å². The summed E-state index contributed by atoms with van der Waals surface area (Å²) in [4.78, 5) is 4.79. The first-order chi connectivity index (χ1) is 9.74. The van der Waals surface area contributed by atoms with Crippen molar-refractivity contribution in [3.05, 3.63) is 48.3 Å². The quantitative estimate of drug-likeness (QED) is 0.766. The lowest BCUT2D eigenvalue weighted by Crippen LogP contribution is -2.00. The van der Waals surface area contributed by atoms with Crippen molar-refractivity contribution >= 4 is 16.6 Å². The second-order valence-electron chi connectivity index (χ2n) is 5.60. The molecular formula is C17H17N3. The Kier molecular flexibility index (Phi) is 2.36. The summed E-state index contributed by atoms with van der Waals surface area (Å²) in [5.74, 6) is 2.50. The maximum Gasteiger partial charge on any atom is 0.131 e. The van der Waals surface area contributed by atoms with Crippen LogP contribution in [-0.4, -0.2) is 9.55 Å². The summed E-state index contributed by atoms with van der Waals surface area (Å²) < 4.78 is 2.04. The van der Waals surface area contributed by atoms with Crippen LogP contribution < -0.4 is 5.73 Å². The van der Waals surface area contributed by atoms with Gasteiger partial charge in [-0.15, -0.1) is 0 Å². The first-order valence-electron chi connectivity index (χ1n) is 7.05. The van der Waals surface area contributed by atoms with Gasteiger partial charge in [0.2, 0.25) is 0 Å². The lowest BCUT2D eigenvalue weighted by atomic mass is 10.1. The summed E-state index contributed by atoms with van der Waals surface area (Å²) in [5, 5.41) is 2.47. The molecule has 1 aromatic heterocycles. The number of nitrogen functional groups attached to an aromatic ring is 1. The number of aromatic nitrogens is 2. The molecule has 0 bridgehead atoms. The molecule has 1 heterocycles. The normalized spacial score (nSPS) is 14.8. The Balaban J connectivity index is 1.88. The van der Waals surface area contributed by atoms with Crippen molar-refractivity contribution in [2.45, 2.75) is 18.8 Å². The maximum absolute atomic E-state index is 6.25. The molecule has 3 aromatic rings. The van der Waals surface area contributed by atoms with Gasteiger partial charge in [-0.3, -0.25) is 0 Å². The smallest absolute Gasteiger partial charge is 0.131 e. The molecule has 2 aromatic carbocycles. The van der Waals surface area contributed by atoms with Gasteiger partial charge in [-0.05, 0) is 29.7 Å². The molecule has 1 saturated carbocycles. The van der Waals surface area contributed by atoms with Gasteiger partial charge in [0.1, 0.15) is 17.3 Å². The van der Waals surface area contributed by atoms with Crippen molar-refractivity contribution in [3.63, 3.8) is 0 Å². The molecule has 0 spiro atoms. The van der Waals surface area contributed by atoms with Gasteiger partial charge in [0.05, 0.1) is 0 Å². The highest BCUT2D eigenvalue weighted by Gasteiger charge is 2.29. The predicted molar refractivity (Wildman–Crippen MR) is 82.5 cm³/mol. The van der Waals surface area contributed by atoms with Gasteiger partial charge in [0, 0.05) is 18.5 Å². The van der Waals surface area contributed by atoms with E-state index in [9.17, 15) is 0 Å². The monoisotopic (exact) mass is 263 g/mol. The van der Waals surface area contributed by atoms with E-state index >= 15 is 0 Å². The highest BCUT2D eigenvalue weighted by Crippen LogP contribution is 2.41. The lowest BCUT2D eigenvalue weighted by Gasteiger charge is -2.03. The van der Waals surface area contributed by atoms with Gasteiger partial charge in [-0.25, -0.2) is 4.98 Å². The minimum absolute atomic E-state index is 0.608. The zero-order chi connectivity index (χ0) is 13.7. The molecule has 0 radical (unpaired) electrons. The molecule has 1 fully saturated rings. The van der Waals surface area contributed by atoms with Crippen LogP contribution in [0.2, 0.25) is 0 Å². The summed E-state index contributed by atoms with van der Waals surface area (Å²) >= 11 is 0. The number of imidazole rings is 1. The Hall–Kier alpha value is -2.29. The van der Waals surface area contributed by atoms with Crippen LogP contribution in [-0.2, 0) is 7.05 Å². The third kappa shape index (κ3) is 1.70. The minimum Gasteiger partial charge on any atom is -0.383 e. The fourth-order valence-corrected chi connectivity index (χ4v) is 2.78. The van der Waals surface area contributed by atoms with E-state index in [4.69, 9.17) is 10.7 Å². The number of anilines is 1. The molecule has 20 heavy (non-hydrogen) atoms. The molecule has 0 saturated heterocycles. The number of nitrogens with zero attached hydrogens (tertiary/aromatic N) is 2. The molecule has 3 heteroatoms. The van der Waals surface area contributed by atoms with E-state index in [2.05, 4.69) is 42.5 Å². The van der Waals surface area contributed by atoms with Crippen LogP contribution >= 0.6 is 0 Å². The lowest BCUT2D eigenvalue weighted by molar-refractivity contribution is 0.807. The second kappa shape index (κ2) is 4.10. The number of rotatable bonds is 2. The zero-order valence-corrected chi connectivity index (χ0v) is 11.5. The molecule has 0 atom stereocenters. The van der Waals surface area contributed by atoms with E-state index in [1.807, 2.05) is 11.6 Å². The second-order valence-corrected chi connectivity index (χ2v) is 5.60. The van der Waals surface area contributed by atoms with Gasteiger partial charge in [0.25, 0.3) is 0 Å². The third-order valence-corrected chi connectivity index (χ3v) is 4.14. The molecule has 1 aliphatic rings. The van der Waals surface area contributed by atoms with Crippen molar-refractivity contribution in [1.29, 1.82) is 0 Å². The van der Waals surface area contributed by atoms with Crippen molar-refractivity contribution in [1.82, 2.24) is 9.55 Å². The van der Waals surface area contributed by atoms with Gasteiger partial charge in [-0.2, -0.15) is 0 Å². The molecule has 100 valence electrons. The van der Waals surface area contributed by atoms with Crippen LogP contribution in [0, 0.1) is 0 Å². The molecular weight excluding hydrogens is 246 g/mol. The van der Waals surface area contributed by atoms with E-state index in [1.165, 1.54) is 23.6 Å². The Morgan fingerprint density at radius 2 is 1.85 bits per heavy atom. The summed E-state index contributed by atoms with van der Waals surface area (Å²) in [6.07, 6.45) is 2.48. The molecule has 0 amide bonds. The highest BCUT2D eigenvalue weighted by molar-refractivity contribution is 5.88. The summed E-state index contributed by atoms with van der Waals surface area (Å²) in [6.45, 7) is 0. The van der Waals surface area contributed by atoms with E-state index in [-0.39, 0.29) is 0 Å². The fourth-order valence-electron chi connectivity index (χ4n) is 2.78. The SMILES string of the molecule is Cn1c(C2CC2)nc(-c2ccc3ccccc3c2)c1N. The maximum atomic E-state index is 6.25. The van der Waals surface area contributed by atoms with Crippen LogP contribution in [0.5, 0.6) is 0 Å². The van der Waals surface area contributed by atoms with Crippen LogP contribution in [0.25, 0.3) is 22.0 Å². The van der Waals surface area contributed by atoms with E-state index in [1.54, 1.807) is 0 Å². The molecule has 3 nitrogen and oxygen atoms in total. The Bertz CT molecular complexity index is 797. The first kappa shape index (κ1) is 11.5. The standard InChI is InChI=1S/C17H17N3/c1-20-16(18)15(19-17(20)12-7-8-12)14-9-6-11-4-2-3-5-13(11)10-14/h2-6,9-10,12H,7-8,18H2,1H3. The molecule has 4 rings (SSSR count). The van der Waals surface area contributed by atoms with E-state index < -0.39 is 0 Å². The fraction of sp³-hybridized carbons (Fsp3) is 0.235. The topological polar surface area (TPSA) is 43.8 Å². The van der Waals surface area contributed by atoms with Crippen molar-refractivity contribution < 1.29 is 0 Å². The highest BCUT2D eigenvalue weighted by atomic mass is 15.1. The zero-order valence-electron chi connectivity index (χ0n) is 11.5. The number of fused-ring (bicyclic) bond motifs is 1. The molecule has 0 unspecified atom stereocenters. The number of nitrogens with two attached hydrogens (primary N) is 1. The summed E-state index contributed by atoms with van der Waals surface area (Å²) in [7, 11) is 2.01. The number of hydrogen-bond acceptors (Lipinski definition) is 2. The van der Waals surface area contributed by atoms with Gasteiger partial charge in [-0.1, -0.05) is 36.4 Å². The van der Waals surface area contributed by atoms with Crippen LogP contribution in [0.15, 0.2) is 42.5 Å². The van der Waals surface area contributed by atoms with Gasteiger partial charge < -0.3 is 10.3 Å². The van der Waals surface area contributed by atoms with Crippen LogP contribution in [0.4, 0.5) is 5.82 Å².